The largest absolute Gasteiger partial charge is 0.493 e. The van der Waals surface area contributed by atoms with Crippen LogP contribution in [0.4, 0.5) is 34.9 Å². The van der Waals surface area contributed by atoms with Crippen molar-refractivity contribution in [2.75, 3.05) is 72.8 Å². The summed E-state index contributed by atoms with van der Waals surface area (Å²) in [6, 6.07) is 12.4. The average Bonchev–Trinajstić information content (AvgIpc) is 3.23. The highest BCUT2D eigenvalue weighted by molar-refractivity contribution is 6.30. The first-order valence-corrected chi connectivity index (χ1v) is 17.4. The second-order valence-electron chi connectivity index (χ2n) is 10.5. The van der Waals surface area contributed by atoms with Gasteiger partial charge in [0.15, 0.2) is 34.5 Å². The molecule has 0 saturated heterocycles. The molecule has 58 heavy (non-hydrogen) atoms. The van der Waals surface area contributed by atoms with E-state index in [9.17, 15) is 0 Å². The van der Waals surface area contributed by atoms with Gasteiger partial charge in [-0.25, -0.2) is 29.9 Å². The Balaban J connectivity index is 0.000000226. The standard InChI is InChI=1S/C20H23N5O5.C12H13ClN4O3.C3HCl2N3/c1-26-14-7-6-12(8-15(14)27-2)23-19-21-11-22-20(25-19)24-13-9-16(28-3)18(30-5)17(10-13)29-4;1-18-8-4-7(5-9(19-2)10(8)20-3)16-12-15-6-14-11(13)17-12;4-2-6-1-7-3(5)8-2/h6-11H,1-5H3,(H2,21,22,23,24,25);4-6H,1-3H3,(H,14,15,16,17);1H. The van der Waals surface area contributed by atoms with E-state index in [2.05, 4.69) is 60.8 Å². The predicted molar refractivity (Wildman–Crippen MR) is 216 cm³/mol. The summed E-state index contributed by atoms with van der Waals surface area (Å²) >= 11 is 16.3. The van der Waals surface area contributed by atoms with Crippen LogP contribution in [0.5, 0.6) is 46.0 Å². The maximum absolute atomic E-state index is 5.70. The van der Waals surface area contributed by atoms with Crippen molar-refractivity contribution in [1.82, 2.24) is 44.9 Å². The van der Waals surface area contributed by atoms with Crippen LogP contribution in [-0.2, 0) is 0 Å². The minimum atomic E-state index is 0.106. The number of hydrogen-bond donors (Lipinski definition) is 3. The van der Waals surface area contributed by atoms with Crippen LogP contribution in [0.25, 0.3) is 0 Å². The topological polar surface area (TPSA) is 226 Å². The molecule has 0 bridgehead atoms. The van der Waals surface area contributed by atoms with E-state index in [1.165, 1.54) is 19.0 Å². The fraction of sp³-hybridized carbons (Fsp3) is 0.229. The Morgan fingerprint density at radius 3 is 1.07 bits per heavy atom. The third kappa shape index (κ3) is 12.4. The predicted octanol–water partition coefficient (Wildman–Crippen LogP) is 6.87. The van der Waals surface area contributed by atoms with Crippen molar-refractivity contribution < 1.29 is 37.9 Å². The normalized spacial score (nSPS) is 9.98. The Morgan fingerprint density at radius 1 is 0.362 bits per heavy atom. The van der Waals surface area contributed by atoms with Gasteiger partial charge in [0.2, 0.25) is 45.2 Å². The van der Waals surface area contributed by atoms with Gasteiger partial charge in [-0.05, 0) is 46.9 Å². The molecule has 0 spiro atoms. The molecule has 0 amide bonds. The number of nitrogens with zero attached hydrogens (tertiary/aromatic N) is 9. The molecule has 0 fully saturated rings. The molecule has 0 radical (unpaired) electrons. The van der Waals surface area contributed by atoms with Gasteiger partial charge in [0, 0.05) is 47.4 Å². The third-order valence-corrected chi connectivity index (χ3v) is 7.66. The maximum Gasteiger partial charge on any atom is 0.232 e. The molecular weight excluding hydrogens is 823 g/mol. The molecule has 0 saturated carbocycles. The zero-order valence-electron chi connectivity index (χ0n) is 32.2. The molecule has 23 heteroatoms. The van der Waals surface area contributed by atoms with Crippen LogP contribution in [0.15, 0.2) is 61.4 Å². The number of methoxy groups -OCH3 is 8. The Bertz CT molecular complexity index is 2200. The lowest BCUT2D eigenvalue weighted by Gasteiger charge is -2.14. The van der Waals surface area contributed by atoms with Crippen LogP contribution in [0.1, 0.15) is 0 Å². The summed E-state index contributed by atoms with van der Waals surface area (Å²) in [5.41, 5.74) is 2.06. The number of anilines is 6. The van der Waals surface area contributed by atoms with E-state index in [0.717, 1.165) is 5.69 Å². The van der Waals surface area contributed by atoms with Gasteiger partial charge < -0.3 is 53.8 Å². The number of nitrogens with one attached hydrogen (secondary N) is 3. The molecule has 0 unspecified atom stereocenters. The summed E-state index contributed by atoms with van der Waals surface area (Å²) in [6.07, 6.45) is 3.96. The van der Waals surface area contributed by atoms with E-state index >= 15 is 0 Å². The van der Waals surface area contributed by atoms with Crippen LogP contribution in [0.3, 0.4) is 0 Å². The van der Waals surface area contributed by atoms with E-state index in [0.29, 0.717) is 75.2 Å². The molecule has 3 aromatic carbocycles. The summed E-state index contributed by atoms with van der Waals surface area (Å²) in [6.45, 7) is 0. The average molecular weight is 860 g/mol. The molecule has 6 rings (SSSR count). The van der Waals surface area contributed by atoms with Gasteiger partial charge in [-0.2, -0.15) is 15.0 Å². The SMILES string of the molecule is COc1cc(Nc2ncnc(Cl)n2)cc(OC)c1OC.COc1ccc(Nc2ncnc(Nc3cc(OC)c(OC)c(OC)c3)n2)cc1OC.Clc1ncnc(Cl)n1. The van der Waals surface area contributed by atoms with Crippen molar-refractivity contribution in [3.63, 3.8) is 0 Å². The maximum atomic E-state index is 5.70. The first-order chi connectivity index (χ1) is 28.1. The van der Waals surface area contributed by atoms with Crippen LogP contribution >= 0.6 is 34.8 Å². The van der Waals surface area contributed by atoms with E-state index in [4.69, 9.17) is 72.7 Å². The smallest absolute Gasteiger partial charge is 0.232 e. The van der Waals surface area contributed by atoms with Crippen molar-refractivity contribution in [3.8, 4) is 46.0 Å². The van der Waals surface area contributed by atoms with Crippen molar-refractivity contribution >= 4 is 69.7 Å². The second kappa shape index (κ2) is 22.2. The van der Waals surface area contributed by atoms with Gasteiger partial charge in [0.05, 0.1) is 56.9 Å². The summed E-state index contributed by atoms with van der Waals surface area (Å²) in [5.74, 6) is 5.30. The third-order valence-electron chi connectivity index (χ3n) is 7.11. The van der Waals surface area contributed by atoms with Crippen molar-refractivity contribution in [1.29, 1.82) is 0 Å². The number of hydrogen-bond acceptors (Lipinski definition) is 20. The highest BCUT2D eigenvalue weighted by atomic mass is 35.5. The highest BCUT2D eigenvalue weighted by Gasteiger charge is 2.16. The van der Waals surface area contributed by atoms with Crippen LogP contribution in [-0.4, -0.2) is 102 Å². The lowest BCUT2D eigenvalue weighted by atomic mass is 10.2. The molecule has 0 atom stereocenters. The summed E-state index contributed by atoms with van der Waals surface area (Å²) < 4.78 is 42.4. The quantitative estimate of drug-likeness (QED) is 0.101. The molecule has 6 aromatic rings. The number of ether oxygens (including phenoxy) is 8. The van der Waals surface area contributed by atoms with Crippen LogP contribution in [0, 0.1) is 0 Å². The van der Waals surface area contributed by atoms with Gasteiger partial charge in [-0.3, -0.25) is 0 Å². The first kappa shape index (κ1) is 44.1. The van der Waals surface area contributed by atoms with Gasteiger partial charge in [0.25, 0.3) is 0 Å². The zero-order chi connectivity index (χ0) is 42.0. The van der Waals surface area contributed by atoms with Crippen molar-refractivity contribution in [2.24, 2.45) is 0 Å². The molecular formula is C35H37Cl3N12O8. The van der Waals surface area contributed by atoms with Crippen LogP contribution in [0.2, 0.25) is 15.9 Å². The molecule has 0 aliphatic rings. The van der Waals surface area contributed by atoms with E-state index in [1.54, 1.807) is 93.3 Å². The zero-order valence-corrected chi connectivity index (χ0v) is 34.5. The van der Waals surface area contributed by atoms with Crippen molar-refractivity contribution in [2.45, 2.75) is 0 Å². The fourth-order valence-electron chi connectivity index (χ4n) is 4.62. The Kier molecular flexibility index (Phi) is 16.9. The van der Waals surface area contributed by atoms with Gasteiger partial charge in [0.1, 0.15) is 19.0 Å². The molecule has 306 valence electrons. The number of aromatic nitrogens is 9. The minimum Gasteiger partial charge on any atom is -0.493 e. The number of halogens is 3. The molecule has 3 heterocycles. The minimum absolute atomic E-state index is 0.106. The summed E-state index contributed by atoms with van der Waals surface area (Å²) in [5, 5.41) is 9.54. The fourth-order valence-corrected chi connectivity index (χ4v) is 5.03. The lowest BCUT2D eigenvalue weighted by molar-refractivity contribution is 0.324. The van der Waals surface area contributed by atoms with Crippen LogP contribution < -0.4 is 53.8 Å². The van der Waals surface area contributed by atoms with Gasteiger partial charge >= 0.3 is 0 Å². The monoisotopic (exact) mass is 858 g/mol. The summed E-state index contributed by atoms with van der Waals surface area (Å²) in [7, 11) is 12.4. The van der Waals surface area contributed by atoms with E-state index < -0.39 is 0 Å². The molecule has 3 aromatic heterocycles. The van der Waals surface area contributed by atoms with E-state index in [1.807, 2.05) is 6.07 Å². The summed E-state index contributed by atoms with van der Waals surface area (Å²) in [4.78, 5) is 34.8. The van der Waals surface area contributed by atoms with Crippen molar-refractivity contribution in [3.05, 3.63) is 77.3 Å². The highest BCUT2D eigenvalue weighted by Crippen LogP contribution is 2.41. The van der Waals surface area contributed by atoms with Gasteiger partial charge in [-0.15, -0.1) is 0 Å². The molecule has 0 aliphatic heterocycles. The second-order valence-corrected chi connectivity index (χ2v) is 11.5. The van der Waals surface area contributed by atoms with Gasteiger partial charge in [-0.1, -0.05) is 0 Å². The molecule has 20 nitrogen and oxygen atoms in total. The lowest BCUT2D eigenvalue weighted by Crippen LogP contribution is -2.04. The molecule has 0 aliphatic carbocycles. The Labute approximate surface area is 347 Å². The Morgan fingerprint density at radius 2 is 0.707 bits per heavy atom. The molecule has 3 N–H and O–H groups in total. The number of benzene rings is 3. The Hall–Kier alpha value is -6.64. The first-order valence-electron chi connectivity index (χ1n) is 16.2. The number of rotatable bonds is 14. The van der Waals surface area contributed by atoms with E-state index in [-0.39, 0.29) is 15.9 Å².